The van der Waals surface area contributed by atoms with E-state index in [1.807, 2.05) is 0 Å². The van der Waals surface area contributed by atoms with E-state index < -0.39 is 0 Å². The average Bonchev–Trinajstić information content (AvgIpc) is 2.54. The first-order valence-corrected chi connectivity index (χ1v) is 10.9. The minimum atomic E-state index is 0.448. The standard InChI is InChI=1S/C24H44/c1-8-10-23-11-14-24(15-12-23,16-13-23)21(5)20(4)18-22(6,7)17-19(3)9-2/h19-20H,5,8-18H2,1-4,6-7H3. The van der Waals surface area contributed by atoms with Gasteiger partial charge in [-0.05, 0) is 85.9 Å². The van der Waals surface area contributed by atoms with Crippen LogP contribution in [0, 0.1) is 28.1 Å². The SMILES string of the molecule is C=C(C(C)CC(C)(C)CC(C)CC)C12CCC(CCC)(CC1)CC2. The van der Waals surface area contributed by atoms with Crippen molar-refractivity contribution in [2.45, 2.75) is 112 Å². The van der Waals surface area contributed by atoms with E-state index >= 15 is 0 Å². The van der Waals surface area contributed by atoms with Crippen LogP contribution < -0.4 is 0 Å². The maximum Gasteiger partial charge on any atom is -0.00875 e. The van der Waals surface area contributed by atoms with Crippen molar-refractivity contribution < 1.29 is 0 Å². The molecule has 0 aromatic heterocycles. The second-order valence-corrected chi connectivity index (χ2v) is 10.5. The van der Waals surface area contributed by atoms with Crippen molar-refractivity contribution in [1.82, 2.24) is 0 Å². The number of hydrogen-bond donors (Lipinski definition) is 0. The van der Waals surface area contributed by atoms with Gasteiger partial charge < -0.3 is 0 Å². The van der Waals surface area contributed by atoms with Gasteiger partial charge in [0.05, 0.1) is 0 Å². The summed E-state index contributed by atoms with van der Waals surface area (Å²) in [6.45, 7) is 19.2. The van der Waals surface area contributed by atoms with Crippen molar-refractivity contribution in [1.29, 1.82) is 0 Å². The molecule has 3 rings (SSSR count). The van der Waals surface area contributed by atoms with E-state index in [1.54, 1.807) is 5.57 Å². The highest BCUT2D eigenvalue weighted by atomic mass is 14.5. The fraction of sp³-hybridized carbons (Fsp3) is 0.917. The lowest BCUT2D eigenvalue weighted by atomic mass is 9.49. The summed E-state index contributed by atoms with van der Waals surface area (Å²) in [6.07, 6.45) is 15.5. The third-order valence-corrected chi connectivity index (χ3v) is 7.91. The molecule has 0 N–H and O–H groups in total. The lowest BCUT2D eigenvalue weighted by Crippen LogP contribution is -2.43. The summed E-state index contributed by atoms with van der Waals surface area (Å²) in [5.41, 5.74) is 3.28. The molecule has 0 aromatic carbocycles. The Kier molecular flexibility index (Phi) is 6.31. The quantitative estimate of drug-likeness (QED) is 0.373. The molecule has 0 spiro atoms. The number of allylic oxidation sites excluding steroid dienone is 1. The van der Waals surface area contributed by atoms with Crippen LogP contribution in [0.15, 0.2) is 12.2 Å². The molecular weight excluding hydrogens is 288 g/mol. The molecule has 2 atom stereocenters. The van der Waals surface area contributed by atoms with Gasteiger partial charge in [0, 0.05) is 0 Å². The average molecular weight is 333 g/mol. The van der Waals surface area contributed by atoms with Crippen LogP contribution >= 0.6 is 0 Å². The molecule has 0 amide bonds. The minimum absolute atomic E-state index is 0.448. The second-order valence-electron chi connectivity index (χ2n) is 10.5. The minimum Gasteiger partial charge on any atom is -0.0990 e. The van der Waals surface area contributed by atoms with Gasteiger partial charge in [-0.1, -0.05) is 66.5 Å². The zero-order valence-electron chi connectivity index (χ0n) is 17.6. The van der Waals surface area contributed by atoms with Crippen molar-refractivity contribution in [3.05, 3.63) is 12.2 Å². The van der Waals surface area contributed by atoms with Crippen molar-refractivity contribution in [3.63, 3.8) is 0 Å². The molecule has 3 fully saturated rings. The van der Waals surface area contributed by atoms with Crippen molar-refractivity contribution in [2.75, 3.05) is 0 Å². The van der Waals surface area contributed by atoms with E-state index in [1.165, 1.54) is 70.6 Å². The summed E-state index contributed by atoms with van der Waals surface area (Å²) < 4.78 is 0. The van der Waals surface area contributed by atoms with Crippen molar-refractivity contribution in [3.8, 4) is 0 Å². The molecule has 140 valence electrons. The van der Waals surface area contributed by atoms with E-state index in [0.717, 1.165) is 11.3 Å². The Balaban J connectivity index is 1.97. The summed E-state index contributed by atoms with van der Waals surface area (Å²) in [7, 11) is 0. The van der Waals surface area contributed by atoms with Gasteiger partial charge in [-0.15, -0.1) is 0 Å². The molecule has 2 bridgehead atoms. The molecular formula is C24H44. The lowest BCUT2D eigenvalue weighted by molar-refractivity contribution is 0.00126. The Morgan fingerprint density at radius 3 is 1.96 bits per heavy atom. The number of fused-ring (bicyclic) bond motifs is 3. The molecule has 0 radical (unpaired) electrons. The van der Waals surface area contributed by atoms with Crippen LogP contribution in [0.4, 0.5) is 0 Å². The predicted molar refractivity (Wildman–Crippen MR) is 108 cm³/mol. The fourth-order valence-electron chi connectivity index (χ4n) is 6.30. The first-order valence-electron chi connectivity index (χ1n) is 10.9. The third-order valence-electron chi connectivity index (χ3n) is 7.91. The molecule has 3 aliphatic rings. The topological polar surface area (TPSA) is 0 Å². The van der Waals surface area contributed by atoms with E-state index in [2.05, 4.69) is 41.5 Å². The molecule has 3 saturated carbocycles. The van der Waals surface area contributed by atoms with Crippen LogP contribution in [0.5, 0.6) is 0 Å². The van der Waals surface area contributed by atoms with E-state index in [0.29, 0.717) is 16.7 Å². The second kappa shape index (κ2) is 7.55. The summed E-state index contributed by atoms with van der Waals surface area (Å²) in [5, 5.41) is 0. The predicted octanol–water partition coefficient (Wildman–Crippen LogP) is 8.17. The highest BCUT2D eigenvalue weighted by molar-refractivity contribution is 5.19. The fourth-order valence-corrected chi connectivity index (χ4v) is 6.30. The highest BCUT2D eigenvalue weighted by Gasteiger charge is 2.49. The van der Waals surface area contributed by atoms with E-state index in [-0.39, 0.29) is 0 Å². The van der Waals surface area contributed by atoms with Gasteiger partial charge >= 0.3 is 0 Å². The zero-order valence-corrected chi connectivity index (χ0v) is 17.6. The van der Waals surface area contributed by atoms with Gasteiger partial charge in [-0.2, -0.15) is 0 Å². The van der Waals surface area contributed by atoms with Crippen LogP contribution in [-0.4, -0.2) is 0 Å². The van der Waals surface area contributed by atoms with Crippen LogP contribution in [0.2, 0.25) is 0 Å². The highest BCUT2D eigenvalue weighted by Crippen LogP contribution is 2.62. The first kappa shape index (κ1) is 20.1. The Labute approximate surface area is 152 Å². The summed E-state index contributed by atoms with van der Waals surface area (Å²) in [4.78, 5) is 0. The number of hydrogen-bond acceptors (Lipinski definition) is 0. The van der Waals surface area contributed by atoms with Crippen molar-refractivity contribution in [2.24, 2.45) is 28.1 Å². The molecule has 0 heterocycles. The van der Waals surface area contributed by atoms with E-state index in [9.17, 15) is 0 Å². The summed E-state index contributed by atoms with van der Waals surface area (Å²) in [6, 6.07) is 0. The summed E-state index contributed by atoms with van der Waals surface area (Å²) in [5.74, 6) is 1.53. The van der Waals surface area contributed by atoms with Gasteiger partial charge in [0.2, 0.25) is 0 Å². The Morgan fingerprint density at radius 2 is 1.50 bits per heavy atom. The molecule has 0 aromatic rings. The zero-order chi connectivity index (χ0) is 18.0. The van der Waals surface area contributed by atoms with Gasteiger partial charge in [0.25, 0.3) is 0 Å². The maximum atomic E-state index is 4.70. The first-order chi connectivity index (χ1) is 11.2. The smallest absolute Gasteiger partial charge is 0.00875 e. The lowest BCUT2D eigenvalue weighted by Gasteiger charge is -2.56. The number of rotatable bonds is 9. The monoisotopic (exact) mass is 332 g/mol. The van der Waals surface area contributed by atoms with Gasteiger partial charge in [-0.3, -0.25) is 0 Å². The molecule has 24 heavy (non-hydrogen) atoms. The Bertz CT molecular complexity index is 403. The third kappa shape index (κ3) is 4.28. The Hall–Kier alpha value is -0.260. The molecule has 0 saturated heterocycles. The van der Waals surface area contributed by atoms with Crippen LogP contribution in [0.3, 0.4) is 0 Å². The van der Waals surface area contributed by atoms with E-state index in [4.69, 9.17) is 6.58 Å². The van der Waals surface area contributed by atoms with Gasteiger partial charge in [0.15, 0.2) is 0 Å². The van der Waals surface area contributed by atoms with Crippen LogP contribution in [0.1, 0.15) is 112 Å². The largest absolute Gasteiger partial charge is 0.0990 e. The van der Waals surface area contributed by atoms with Crippen LogP contribution in [0.25, 0.3) is 0 Å². The molecule has 2 unspecified atom stereocenters. The van der Waals surface area contributed by atoms with Crippen molar-refractivity contribution >= 4 is 0 Å². The Morgan fingerprint density at radius 1 is 0.958 bits per heavy atom. The molecule has 0 aliphatic heterocycles. The van der Waals surface area contributed by atoms with Gasteiger partial charge in [-0.25, -0.2) is 0 Å². The molecule has 3 aliphatic carbocycles. The van der Waals surface area contributed by atoms with Crippen LogP contribution in [-0.2, 0) is 0 Å². The maximum absolute atomic E-state index is 4.70. The summed E-state index contributed by atoms with van der Waals surface area (Å²) >= 11 is 0. The van der Waals surface area contributed by atoms with Gasteiger partial charge in [0.1, 0.15) is 0 Å². The normalized spacial score (nSPS) is 32.6. The molecule has 0 nitrogen and oxygen atoms in total. The molecule has 0 heteroatoms.